The van der Waals surface area contributed by atoms with Crippen molar-refractivity contribution < 1.29 is 14.3 Å². The second kappa shape index (κ2) is 6.06. The molecule has 0 spiro atoms. The molecule has 0 bridgehead atoms. The van der Waals surface area contributed by atoms with Crippen molar-refractivity contribution in [2.45, 2.75) is 20.0 Å². The molecule has 2 rings (SSSR count). The zero-order valence-electron chi connectivity index (χ0n) is 10.9. The Hall–Kier alpha value is -1.55. The first kappa shape index (κ1) is 13.9. The van der Waals surface area contributed by atoms with Gasteiger partial charge in [0.05, 0.1) is 6.10 Å². The third-order valence-corrected chi connectivity index (χ3v) is 2.99. The minimum atomic E-state index is -0.356. The van der Waals surface area contributed by atoms with Gasteiger partial charge in [-0.25, -0.2) is 4.79 Å². The average molecular weight is 323 g/mol. The molecule has 0 fully saturated rings. The summed E-state index contributed by atoms with van der Waals surface area (Å²) in [6.07, 6.45) is -0.120. The van der Waals surface area contributed by atoms with E-state index in [4.69, 9.17) is 9.47 Å². The van der Waals surface area contributed by atoms with E-state index in [2.05, 4.69) is 15.9 Å². The lowest BCUT2D eigenvalue weighted by atomic mass is 10.1. The Balaban J connectivity index is 2.05. The maximum atomic E-state index is 11.4. The Kier molecular flexibility index (Phi) is 4.43. The molecule has 4 heteroatoms. The van der Waals surface area contributed by atoms with Crippen LogP contribution < -0.4 is 4.74 Å². The number of carbonyl (C=O) groups excluding carboxylic acids is 1. The molecule has 0 atom stereocenters. The molecular formula is C15H15BrO3. The summed E-state index contributed by atoms with van der Waals surface area (Å²) in [5, 5.41) is 2.18. The van der Waals surface area contributed by atoms with Gasteiger partial charge >= 0.3 is 5.97 Å². The molecule has 19 heavy (non-hydrogen) atoms. The van der Waals surface area contributed by atoms with Crippen LogP contribution in [0.25, 0.3) is 10.8 Å². The van der Waals surface area contributed by atoms with E-state index in [1.165, 1.54) is 0 Å². The lowest BCUT2D eigenvalue weighted by Crippen LogP contribution is -2.18. The Morgan fingerprint density at radius 1 is 1.16 bits per heavy atom. The topological polar surface area (TPSA) is 35.5 Å². The highest BCUT2D eigenvalue weighted by Gasteiger charge is 2.06. The number of rotatable bonds is 4. The molecule has 0 saturated carbocycles. The van der Waals surface area contributed by atoms with Gasteiger partial charge in [-0.3, -0.25) is 0 Å². The van der Waals surface area contributed by atoms with E-state index < -0.39 is 0 Å². The molecule has 100 valence electrons. The molecule has 0 heterocycles. The summed E-state index contributed by atoms with van der Waals surface area (Å²) in [5.74, 6) is 0.307. The van der Waals surface area contributed by atoms with Gasteiger partial charge in [-0.2, -0.15) is 0 Å². The van der Waals surface area contributed by atoms with Crippen molar-refractivity contribution in [2.75, 3.05) is 6.61 Å². The minimum absolute atomic E-state index is 0.0692. The molecule has 0 radical (unpaired) electrons. The fourth-order valence-electron chi connectivity index (χ4n) is 1.72. The zero-order chi connectivity index (χ0) is 13.8. The lowest BCUT2D eigenvalue weighted by Gasteiger charge is -2.09. The van der Waals surface area contributed by atoms with E-state index >= 15 is 0 Å². The normalized spacial score (nSPS) is 10.7. The highest BCUT2D eigenvalue weighted by atomic mass is 79.9. The first-order valence-corrected chi connectivity index (χ1v) is 6.85. The highest BCUT2D eigenvalue weighted by Crippen LogP contribution is 2.24. The largest absolute Gasteiger partial charge is 0.482 e. The van der Waals surface area contributed by atoms with Crippen LogP contribution in [0.4, 0.5) is 0 Å². The van der Waals surface area contributed by atoms with E-state index in [9.17, 15) is 4.79 Å². The average Bonchev–Trinajstić information content (AvgIpc) is 2.35. The van der Waals surface area contributed by atoms with E-state index in [-0.39, 0.29) is 18.7 Å². The molecule has 0 unspecified atom stereocenters. The summed E-state index contributed by atoms with van der Waals surface area (Å²) in [4.78, 5) is 11.4. The van der Waals surface area contributed by atoms with Crippen molar-refractivity contribution in [3.63, 3.8) is 0 Å². The molecule has 0 amide bonds. The molecule has 0 aliphatic heterocycles. The second-order valence-corrected chi connectivity index (χ2v) is 5.40. The summed E-state index contributed by atoms with van der Waals surface area (Å²) in [5.41, 5.74) is 0. The number of ether oxygens (including phenoxy) is 2. The molecular weight excluding hydrogens is 308 g/mol. The second-order valence-electron chi connectivity index (χ2n) is 4.48. The van der Waals surface area contributed by atoms with E-state index in [1.807, 2.05) is 50.2 Å². The van der Waals surface area contributed by atoms with Crippen molar-refractivity contribution in [1.82, 2.24) is 0 Å². The highest BCUT2D eigenvalue weighted by molar-refractivity contribution is 9.10. The summed E-state index contributed by atoms with van der Waals surface area (Å²) >= 11 is 3.43. The first-order chi connectivity index (χ1) is 9.04. The SMILES string of the molecule is CC(C)OC(=O)COc1ccc2cc(Br)ccc2c1. The fourth-order valence-corrected chi connectivity index (χ4v) is 2.10. The fraction of sp³-hybridized carbons (Fsp3) is 0.267. The molecule has 0 aliphatic carbocycles. The van der Waals surface area contributed by atoms with Crippen LogP contribution in [-0.4, -0.2) is 18.7 Å². The first-order valence-electron chi connectivity index (χ1n) is 6.06. The van der Waals surface area contributed by atoms with Crippen LogP contribution in [0.3, 0.4) is 0 Å². The van der Waals surface area contributed by atoms with Gasteiger partial charge in [0, 0.05) is 4.47 Å². The van der Waals surface area contributed by atoms with Gasteiger partial charge in [-0.05, 0) is 48.9 Å². The molecule has 0 aliphatic rings. The van der Waals surface area contributed by atoms with Crippen LogP contribution in [-0.2, 0) is 9.53 Å². The van der Waals surface area contributed by atoms with Crippen LogP contribution in [0.15, 0.2) is 40.9 Å². The Labute approximate surface area is 120 Å². The van der Waals surface area contributed by atoms with E-state index in [0.717, 1.165) is 15.2 Å². The number of esters is 1. The number of benzene rings is 2. The minimum Gasteiger partial charge on any atom is -0.482 e. The summed E-state index contributed by atoms with van der Waals surface area (Å²) in [6, 6.07) is 11.7. The van der Waals surface area contributed by atoms with Gasteiger partial charge in [-0.15, -0.1) is 0 Å². The zero-order valence-corrected chi connectivity index (χ0v) is 12.4. The lowest BCUT2D eigenvalue weighted by molar-refractivity contribution is -0.149. The maximum absolute atomic E-state index is 11.4. The standard InChI is InChI=1S/C15H15BrO3/c1-10(2)19-15(17)9-18-14-6-4-11-7-13(16)5-3-12(11)8-14/h3-8,10H,9H2,1-2H3. The van der Waals surface area contributed by atoms with Crippen LogP contribution in [0.1, 0.15) is 13.8 Å². The molecule has 0 aromatic heterocycles. The number of hydrogen-bond donors (Lipinski definition) is 0. The number of fused-ring (bicyclic) bond motifs is 1. The summed E-state index contributed by atoms with van der Waals surface area (Å²) in [6.45, 7) is 3.55. The molecule has 0 saturated heterocycles. The summed E-state index contributed by atoms with van der Waals surface area (Å²) < 4.78 is 11.5. The third kappa shape index (κ3) is 3.96. The number of hydrogen-bond acceptors (Lipinski definition) is 3. The predicted molar refractivity (Wildman–Crippen MR) is 78.4 cm³/mol. The van der Waals surface area contributed by atoms with Gasteiger partial charge in [0.25, 0.3) is 0 Å². The number of halogens is 1. The molecule has 0 N–H and O–H groups in total. The Morgan fingerprint density at radius 3 is 2.58 bits per heavy atom. The van der Waals surface area contributed by atoms with Gasteiger partial charge in [0.1, 0.15) is 5.75 Å². The van der Waals surface area contributed by atoms with E-state index in [1.54, 1.807) is 0 Å². The predicted octanol–water partition coefficient (Wildman–Crippen LogP) is 3.93. The Morgan fingerprint density at radius 2 is 1.84 bits per heavy atom. The molecule has 2 aromatic rings. The van der Waals surface area contributed by atoms with Crippen LogP contribution in [0.5, 0.6) is 5.75 Å². The molecule has 3 nitrogen and oxygen atoms in total. The van der Waals surface area contributed by atoms with Gasteiger partial charge in [0.15, 0.2) is 6.61 Å². The van der Waals surface area contributed by atoms with Crippen molar-refractivity contribution in [1.29, 1.82) is 0 Å². The van der Waals surface area contributed by atoms with Gasteiger partial charge in [-0.1, -0.05) is 28.1 Å². The van der Waals surface area contributed by atoms with Crippen LogP contribution in [0.2, 0.25) is 0 Å². The molecule has 2 aromatic carbocycles. The maximum Gasteiger partial charge on any atom is 0.344 e. The van der Waals surface area contributed by atoms with Crippen molar-refractivity contribution >= 4 is 32.7 Å². The van der Waals surface area contributed by atoms with Crippen molar-refractivity contribution in [3.8, 4) is 5.75 Å². The summed E-state index contributed by atoms with van der Waals surface area (Å²) in [7, 11) is 0. The van der Waals surface area contributed by atoms with Crippen LogP contribution in [0, 0.1) is 0 Å². The Bertz CT molecular complexity index is 593. The quantitative estimate of drug-likeness (QED) is 0.800. The smallest absolute Gasteiger partial charge is 0.344 e. The van der Waals surface area contributed by atoms with Gasteiger partial charge in [0.2, 0.25) is 0 Å². The van der Waals surface area contributed by atoms with Gasteiger partial charge < -0.3 is 9.47 Å². The van der Waals surface area contributed by atoms with E-state index in [0.29, 0.717) is 5.75 Å². The third-order valence-electron chi connectivity index (χ3n) is 2.50. The van der Waals surface area contributed by atoms with Crippen molar-refractivity contribution in [2.24, 2.45) is 0 Å². The monoisotopic (exact) mass is 322 g/mol. The number of carbonyl (C=O) groups is 1. The van der Waals surface area contributed by atoms with Crippen molar-refractivity contribution in [3.05, 3.63) is 40.9 Å². The van der Waals surface area contributed by atoms with Crippen LogP contribution >= 0.6 is 15.9 Å².